The van der Waals surface area contributed by atoms with E-state index in [9.17, 15) is 0 Å². The molecule has 1 fully saturated rings. The van der Waals surface area contributed by atoms with Gasteiger partial charge in [0, 0.05) is 5.54 Å². The molecule has 2 nitrogen and oxygen atoms in total. The van der Waals surface area contributed by atoms with E-state index < -0.39 is 0 Å². The number of halogens is 1. The molecule has 0 heterocycles. The molecule has 2 unspecified atom stereocenters. The van der Waals surface area contributed by atoms with Crippen LogP contribution < -0.4 is 10.5 Å². The minimum absolute atomic E-state index is 0.231. The maximum atomic E-state index is 6.20. The van der Waals surface area contributed by atoms with Crippen LogP contribution in [0.25, 0.3) is 0 Å². The smallest absolute Gasteiger partial charge is 0.137 e. The van der Waals surface area contributed by atoms with Crippen molar-refractivity contribution in [1.29, 1.82) is 0 Å². The Bertz CT molecular complexity index is 366. The molecule has 2 N–H and O–H groups in total. The second kappa shape index (κ2) is 3.14. The van der Waals surface area contributed by atoms with Crippen LogP contribution in [0.2, 0.25) is 5.02 Å². The van der Waals surface area contributed by atoms with E-state index in [0.29, 0.717) is 16.7 Å². The van der Waals surface area contributed by atoms with Gasteiger partial charge in [0.1, 0.15) is 5.75 Å². The highest BCUT2D eigenvalue weighted by atomic mass is 35.5. The van der Waals surface area contributed by atoms with Crippen molar-refractivity contribution in [2.75, 3.05) is 7.11 Å². The van der Waals surface area contributed by atoms with Gasteiger partial charge in [-0.3, -0.25) is 0 Å². The summed E-state index contributed by atoms with van der Waals surface area (Å²) in [5.41, 5.74) is 6.97. The Balaban J connectivity index is 2.44. The molecule has 0 spiro atoms. The predicted molar refractivity (Wildman–Crippen MR) is 57.7 cm³/mol. The first-order valence-electron chi connectivity index (χ1n) is 4.71. The molecule has 0 bridgehead atoms. The SMILES string of the molecule is COc1cccc(C2(N)CC2C)c1Cl. The van der Waals surface area contributed by atoms with Crippen molar-refractivity contribution < 1.29 is 4.74 Å². The largest absolute Gasteiger partial charge is 0.495 e. The van der Waals surface area contributed by atoms with E-state index in [-0.39, 0.29) is 5.54 Å². The quantitative estimate of drug-likeness (QED) is 0.816. The zero-order chi connectivity index (χ0) is 10.3. The zero-order valence-corrected chi connectivity index (χ0v) is 9.14. The van der Waals surface area contributed by atoms with Gasteiger partial charge < -0.3 is 10.5 Å². The molecule has 2 rings (SSSR count). The van der Waals surface area contributed by atoms with E-state index in [1.165, 1.54) is 0 Å². The molecular weight excluding hydrogens is 198 g/mol. The molecule has 14 heavy (non-hydrogen) atoms. The lowest BCUT2D eigenvalue weighted by molar-refractivity contribution is 0.413. The zero-order valence-electron chi connectivity index (χ0n) is 8.38. The number of benzene rings is 1. The average Bonchev–Trinajstić information content (AvgIpc) is 2.76. The first kappa shape index (κ1) is 9.81. The van der Waals surface area contributed by atoms with E-state index in [1.54, 1.807) is 7.11 Å². The fourth-order valence-electron chi connectivity index (χ4n) is 1.85. The topological polar surface area (TPSA) is 35.2 Å². The lowest BCUT2D eigenvalue weighted by Crippen LogP contribution is -2.22. The molecule has 0 saturated heterocycles. The Morgan fingerprint density at radius 2 is 2.21 bits per heavy atom. The van der Waals surface area contributed by atoms with Crippen LogP contribution in [0.1, 0.15) is 18.9 Å². The third kappa shape index (κ3) is 1.30. The van der Waals surface area contributed by atoms with Crippen molar-refractivity contribution >= 4 is 11.6 Å². The van der Waals surface area contributed by atoms with Crippen LogP contribution in [0, 0.1) is 5.92 Å². The van der Waals surface area contributed by atoms with E-state index in [0.717, 1.165) is 12.0 Å². The van der Waals surface area contributed by atoms with Crippen LogP contribution in [-0.4, -0.2) is 7.11 Å². The standard InChI is InChI=1S/C11H14ClNO/c1-7-6-11(7,13)8-4-3-5-9(14-2)10(8)12/h3-5,7H,6,13H2,1-2H3. The summed E-state index contributed by atoms with van der Waals surface area (Å²) in [6.45, 7) is 2.13. The summed E-state index contributed by atoms with van der Waals surface area (Å²) < 4.78 is 5.16. The second-order valence-electron chi connectivity index (χ2n) is 3.97. The van der Waals surface area contributed by atoms with Crippen molar-refractivity contribution in [3.05, 3.63) is 28.8 Å². The van der Waals surface area contributed by atoms with Crippen LogP contribution in [0.4, 0.5) is 0 Å². The summed E-state index contributed by atoms with van der Waals surface area (Å²) in [7, 11) is 1.62. The molecule has 1 saturated carbocycles. The van der Waals surface area contributed by atoms with Crippen molar-refractivity contribution in [2.45, 2.75) is 18.9 Å². The Hall–Kier alpha value is -0.730. The molecule has 1 aromatic rings. The monoisotopic (exact) mass is 211 g/mol. The Labute approximate surface area is 89.0 Å². The van der Waals surface area contributed by atoms with E-state index in [4.69, 9.17) is 22.1 Å². The first-order chi connectivity index (χ1) is 6.59. The molecule has 0 amide bonds. The van der Waals surface area contributed by atoms with Crippen molar-refractivity contribution in [1.82, 2.24) is 0 Å². The lowest BCUT2D eigenvalue weighted by atomic mass is 10.0. The molecule has 0 aliphatic heterocycles. The summed E-state index contributed by atoms with van der Waals surface area (Å²) in [6.07, 6.45) is 1.000. The van der Waals surface area contributed by atoms with Gasteiger partial charge in [-0.2, -0.15) is 0 Å². The fraction of sp³-hybridized carbons (Fsp3) is 0.455. The second-order valence-corrected chi connectivity index (χ2v) is 4.35. The molecule has 3 heteroatoms. The number of methoxy groups -OCH3 is 1. The van der Waals surface area contributed by atoms with Crippen LogP contribution in [-0.2, 0) is 5.54 Å². The molecule has 1 aliphatic rings. The maximum absolute atomic E-state index is 6.20. The van der Waals surface area contributed by atoms with E-state index >= 15 is 0 Å². The van der Waals surface area contributed by atoms with Gasteiger partial charge in [-0.05, 0) is 24.0 Å². The molecule has 1 aliphatic carbocycles. The summed E-state index contributed by atoms with van der Waals surface area (Å²) >= 11 is 6.19. The van der Waals surface area contributed by atoms with Crippen LogP contribution >= 0.6 is 11.6 Å². The highest BCUT2D eigenvalue weighted by Gasteiger charge is 2.50. The third-order valence-corrected chi connectivity index (χ3v) is 3.44. The Morgan fingerprint density at radius 3 is 2.71 bits per heavy atom. The summed E-state index contributed by atoms with van der Waals surface area (Å²) in [5, 5.41) is 0.654. The van der Waals surface area contributed by atoms with Crippen molar-refractivity contribution in [3.63, 3.8) is 0 Å². The minimum atomic E-state index is -0.231. The number of hydrogen-bond donors (Lipinski definition) is 1. The predicted octanol–water partition coefficient (Wildman–Crippen LogP) is 2.54. The van der Waals surface area contributed by atoms with E-state index in [2.05, 4.69) is 6.92 Å². The molecule has 0 radical (unpaired) electrons. The van der Waals surface area contributed by atoms with Gasteiger partial charge in [0.05, 0.1) is 12.1 Å². The molecule has 1 aromatic carbocycles. The number of ether oxygens (including phenoxy) is 1. The Morgan fingerprint density at radius 1 is 1.57 bits per heavy atom. The van der Waals surface area contributed by atoms with E-state index in [1.807, 2.05) is 18.2 Å². The van der Waals surface area contributed by atoms with Gasteiger partial charge >= 0.3 is 0 Å². The van der Waals surface area contributed by atoms with Gasteiger partial charge in [0.2, 0.25) is 0 Å². The molecule has 76 valence electrons. The van der Waals surface area contributed by atoms with Crippen LogP contribution in [0.3, 0.4) is 0 Å². The summed E-state index contributed by atoms with van der Waals surface area (Å²) in [6, 6.07) is 5.76. The number of hydrogen-bond acceptors (Lipinski definition) is 2. The van der Waals surface area contributed by atoms with Crippen molar-refractivity contribution in [2.24, 2.45) is 11.7 Å². The van der Waals surface area contributed by atoms with Gasteiger partial charge in [-0.25, -0.2) is 0 Å². The van der Waals surface area contributed by atoms with Gasteiger partial charge in [-0.1, -0.05) is 30.7 Å². The first-order valence-corrected chi connectivity index (χ1v) is 5.09. The third-order valence-electron chi connectivity index (χ3n) is 3.05. The minimum Gasteiger partial charge on any atom is -0.495 e. The van der Waals surface area contributed by atoms with Gasteiger partial charge in [-0.15, -0.1) is 0 Å². The summed E-state index contributed by atoms with van der Waals surface area (Å²) in [5.74, 6) is 1.21. The number of rotatable bonds is 2. The highest BCUT2D eigenvalue weighted by Crippen LogP contribution is 2.52. The van der Waals surface area contributed by atoms with Crippen molar-refractivity contribution in [3.8, 4) is 5.75 Å². The molecule has 0 aromatic heterocycles. The maximum Gasteiger partial charge on any atom is 0.137 e. The fourth-order valence-corrected chi connectivity index (χ4v) is 2.23. The summed E-state index contributed by atoms with van der Waals surface area (Å²) in [4.78, 5) is 0. The van der Waals surface area contributed by atoms with Gasteiger partial charge in [0.25, 0.3) is 0 Å². The molecular formula is C11H14ClNO. The van der Waals surface area contributed by atoms with Gasteiger partial charge in [0.15, 0.2) is 0 Å². The Kier molecular flexibility index (Phi) is 2.20. The average molecular weight is 212 g/mol. The lowest BCUT2D eigenvalue weighted by Gasteiger charge is -2.14. The molecule has 2 atom stereocenters. The number of nitrogens with two attached hydrogens (primary N) is 1. The van der Waals surface area contributed by atoms with Crippen LogP contribution in [0.5, 0.6) is 5.75 Å². The van der Waals surface area contributed by atoms with Crippen LogP contribution in [0.15, 0.2) is 18.2 Å². The highest BCUT2D eigenvalue weighted by molar-refractivity contribution is 6.33. The normalized spacial score (nSPS) is 30.1.